The predicted molar refractivity (Wildman–Crippen MR) is 86.8 cm³/mol. The molecule has 0 amide bonds. The lowest BCUT2D eigenvalue weighted by Gasteiger charge is -2.11. The Hall–Kier alpha value is -1.31. The Morgan fingerprint density at radius 1 is 1.20 bits per heavy atom. The van der Waals surface area contributed by atoms with Gasteiger partial charge in [-0.25, -0.2) is 4.79 Å². The first-order chi connectivity index (χ1) is 9.53. The van der Waals surface area contributed by atoms with Gasteiger partial charge in [-0.2, -0.15) is 0 Å². The molecule has 0 aliphatic heterocycles. The van der Waals surface area contributed by atoms with Crippen LogP contribution in [0.1, 0.15) is 66.2 Å². The van der Waals surface area contributed by atoms with E-state index in [1.54, 1.807) is 5.57 Å². The molecule has 0 aliphatic carbocycles. The number of carboxylic acids is 1. The molecule has 0 spiro atoms. The van der Waals surface area contributed by atoms with Gasteiger partial charge in [0.25, 0.3) is 0 Å². The molecular weight excluding hydrogens is 248 g/mol. The van der Waals surface area contributed by atoms with Crippen molar-refractivity contribution in [2.75, 3.05) is 0 Å². The van der Waals surface area contributed by atoms with Gasteiger partial charge in [-0.1, -0.05) is 51.0 Å². The van der Waals surface area contributed by atoms with Crippen molar-refractivity contribution >= 4 is 5.97 Å². The number of carbonyl (C=O) groups is 1. The molecule has 0 aliphatic rings. The van der Waals surface area contributed by atoms with Crippen molar-refractivity contribution in [1.29, 1.82) is 0 Å². The summed E-state index contributed by atoms with van der Waals surface area (Å²) in [6, 6.07) is 0. The quantitative estimate of drug-likeness (QED) is 0.325. The number of aliphatic carboxylic acids is 1. The van der Waals surface area contributed by atoms with Gasteiger partial charge in [-0.05, 0) is 50.5 Å². The largest absolute Gasteiger partial charge is 0.478 e. The molecule has 2 nitrogen and oxygen atoms in total. The predicted octanol–water partition coefficient (Wildman–Crippen LogP) is 5.52. The van der Waals surface area contributed by atoms with Gasteiger partial charge in [0.15, 0.2) is 0 Å². The van der Waals surface area contributed by atoms with E-state index in [-0.39, 0.29) is 0 Å². The maximum absolute atomic E-state index is 10.5. The van der Waals surface area contributed by atoms with Crippen LogP contribution in [-0.4, -0.2) is 11.1 Å². The van der Waals surface area contributed by atoms with Crippen LogP contribution in [0.5, 0.6) is 0 Å². The molecule has 0 bridgehead atoms. The first kappa shape index (κ1) is 18.7. The summed E-state index contributed by atoms with van der Waals surface area (Å²) in [5.41, 5.74) is 2.35. The van der Waals surface area contributed by atoms with Crippen molar-refractivity contribution in [2.24, 2.45) is 5.92 Å². The molecule has 0 saturated carbocycles. The molecule has 20 heavy (non-hydrogen) atoms. The van der Waals surface area contributed by atoms with Gasteiger partial charge in [-0.3, -0.25) is 0 Å². The Bertz CT molecular complexity index is 356. The summed E-state index contributed by atoms with van der Waals surface area (Å²) in [6.45, 7) is 8.48. The van der Waals surface area contributed by atoms with Crippen LogP contribution < -0.4 is 0 Å². The van der Waals surface area contributed by atoms with Crippen LogP contribution in [0, 0.1) is 5.92 Å². The molecule has 0 fully saturated rings. The second-order valence-corrected chi connectivity index (χ2v) is 5.29. The highest BCUT2D eigenvalue weighted by Gasteiger charge is 2.03. The van der Waals surface area contributed by atoms with Crippen LogP contribution in [0.2, 0.25) is 0 Å². The minimum atomic E-state index is -0.879. The highest BCUT2D eigenvalue weighted by atomic mass is 16.4. The van der Waals surface area contributed by atoms with Crippen LogP contribution in [0.4, 0.5) is 0 Å². The molecule has 0 radical (unpaired) electrons. The fourth-order valence-corrected chi connectivity index (χ4v) is 2.24. The van der Waals surface area contributed by atoms with Gasteiger partial charge in [0.1, 0.15) is 0 Å². The van der Waals surface area contributed by atoms with E-state index in [9.17, 15) is 4.79 Å². The molecule has 1 N–H and O–H groups in total. The molecule has 0 aromatic carbocycles. The van der Waals surface area contributed by atoms with Crippen molar-refractivity contribution in [3.05, 3.63) is 35.5 Å². The Labute approximate surface area is 124 Å². The van der Waals surface area contributed by atoms with E-state index in [4.69, 9.17) is 5.11 Å². The lowest BCUT2D eigenvalue weighted by molar-refractivity contribution is -0.131. The molecule has 114 valence electrons. The topological polar surface area (TPSA) is 37.3 Å². The maximum atomic E-state index is 10.5. The highest BCUT2D eigenvalue weighted by Crippen LogP contribution is 2.18. The number of rotatable bonds is 10. The van der Waals surface area contributed by atoms with E-state index >= 15 is 0 Å². The van der Waals surface area contributed by atoms with Gasteiger partial charge in [0.2, 0.25) is 0 Å². The lowest BCUT2D eigenvalue weighted by Crippen LogP contribution is -1.97. The molecule has 0 aromatic rings. The molecular formula is C18H30O2. The number of hydrogen-bond acceptors (Lipinski definition) is 1. The Kier molecular flexibility index (Phi) is 10.8. The summed E-state index contributed by atoms with van der Waals surface area (Å²) in [6.07, 6.45) is 14.6. The van der Waals surface area contributed by atoms with Crippen LogP contribution >= 0.6 is 0 Å². The normalized spacial score (nSPS) is 13.5. The van der Waals surface area contributed by atoms with Crippen molar-refractivity contribution in [2.45, 2.75) is 66.2 Å². The maximum Gasteiger partial charge on any atom is 0.328 e. The minimum Gasteiger partial charge on any atom is -0.478 e. The summed E-state index contributed by atoms with van der Waals surface area (Å²) in [4.78, 5) is 10.5. The zero-order valence-corrected chi connectivity index (χ0v) is 13.5. The zero-order valence-electron chi connectivity index (χ0n) is 13.5. The van der Waals surface area contributed by atoms with Crippen LogP contribution in [0.25, 0.3) is 0 Å². The SMILES string of the molecule is CCC(=CCCC(CC)CC=CC(C)=CC(=O)O)CC. The van der Waals surface area contributed by atoms with E-state index < -0.39 is 5.97 Å². The molecule has 1 atom stereocenters. The van der Waals surface area contributed by atoms with E-state index in [1.807, 2.05) is 13.0 Å². The monoisotopic (exact) mass is 278 g/mol. The molecule has 2 heteroatoms. The molecule has 0 aromatic heterocycles. The summed E-state index contributed by atoms with van der Waals surface area (Å²) in [5, 5.41) is 8.64. The summed E-state index contributed by atoms with van der Waals surface area (Å²) >= 11 is 0. The summed E-state index contributed by atoms with van der Waals surface area (Å²) in [5.74, 6) is -0.189. The highest BCUT2D eigenvalue weighted by molar-refractivity contribution is 5.81. The average Bonchev–Trinajstić information content (AvgIpc) is 2.40. The second-order valence-electron chi connectivity index (χ2n) is 5.29. The molecule has 0 heterocycles. The lowest BCUT2D eigenvalue weighted by atomic mass is 9.95. The average molecular weight is 278 g/mol. The van der Waals surface area contributed by atoms with E-state index in [2.05, 4.69) is 32.9 Å². The third kappa shape index (κ3) is 9.60. The van der Waals surface area contributed by atoms with E-state index in [0.717, 1.165) is 31.3 Å². The Balaban J connectivity index is 4.20. The number of hydrogen-bond donors (Lipinski definition) is 1. The van der Waals surface area contributed by atoms with Gasteiger partial charge in [0, 0.05) is 6.08 Å². The third-order valence-electron chi connectivity index (χ3n) is 3.69. The summed E-state index contributed by atoms with van der Waals surface area (Å²) < 4.78 is 0. The van der Waals surface area contributed by atoms with Crippen LogP contribution in [0.3, 0.4) is 0 Å². The number of allylic oxidation sites excluding steroid dienone is 5. The van der Waals surface area contributed by atoms with Crippen LogP contribution in [0.15, 0.2) is 35.5 Å². The van der Waals surface area contributed by atoms with Gasteiger partial charge in [0.05, 0.1) is 0 Å². The van der Waals surface area contributed by atoms with E-state index in [1.165, 1.54) is 18.9 Å². The van der Waals surface area contributed by atoms with Crippen molar-refractivity contribution in [1.82, 2.24) is 0 Å². The van der Waals surface area contributed by atoms with Gasteiger partial charge >= 0.3 is 5.97 Å². The smallest absolute Gasteiger partial charge is 0.328 e. The number of carboxylic acid groups (broad SMARTS) is 1. The Morgan fingerprint density at radius 3 is 2.35 bits per heavy atom. The van der Waals surface area contributed by atoms with Crippen molar-refractivity contribution in [3.8, 4) is 0 Å². The van der Waals surface area contributed by atoms with E-state index in [0.29, 0.717) is 5.92 Å². The fourth-order valence-electron chi connectivity index (χ4n) is 2.24. The molecule has 0 saturated heterocycles. The third-order valence-corrected chi connectivity index (χ3v) is 3.69. The fraction of sp³-hybridized carbons (Fsp3) is 0.611. The summed E-state index contributed by atoms with van der Waals surface area (Å²) in [7, 11) is 0. The minimum absolute atomic E-state index is 0.690. The van der Waals surface area contributed by atoms with Crippen molar-refractivity contribution < 1.29 is 9.90 Å². The zero-order chi connectivity index (χ0) is 15.4. The first-order valence-electron chi connectivity index (χ1n) is 7.79. The Morgan fingerprint density at radius 2 is 1.85 bits per heavy atom. The molecule has 1 unspecified atom stereocenters. The standard InChI is InChI=1S/C18H30O2/c1-5-16(6-2)11-9-13-17(7-3)12-8-10-15(4)14-18(19)20/h8,10-11,14,17H,5-7,9,12-13H2,1-4H3,(H,19,20). The van der Waals surface area contributed by atoms with Crippen LogP contribution in [-0.2, 0) is 4.79 Å². The van der Waals surface area contributed by atoms with Gasteiger partial charge in [-0.15, -0.1) is 0 Å². The van der Waals surface area contributed by atoms with Gasteiger partial charge < -0.3 is 5.11 Å². The molecule has 0 rings (SSSR count). The second kappa shape index (κ2) is 11.5. The first-order valence-corrected chi connectivity index (χ1v) is 7.79. The van der Waals surface area contributed by atoms with Crippen molar-refractivity contribution in [3.63, 3.8) is 0 Å².